The van der Waals surface area contributed by atoms with E-state index in [2.05, 4.69) is 10.4 Å². The highest BCUT2D eigenvalue weighted by Crippen LogP contribution is 2.41. The monoisotopic (exact) mass is 396 g/mol. The maximum atomic E-state index is 12.8. The molecule has 142 valence electrons. The van der Waals surface area contributed by atoms with Gasteiger partial charge in [0, 0.05) is 23.4 Å². The lowest BCUT2D eigenvalue weighted by Crippen LogP contribution is -2.50. The fourth-order valence-corrected chi connectivity index (χ4v) is 3.51. The summed E-state index contributed by atoms with van der Waals surface area (Å²) in [6.45, 7) is 0. The van der Waals surface area contributed by atoms with Crippen LogP contribution in [-0.2, 0) is 5.54 Å². The van der Waals surface area contributed by atoms with Crippen LogP contribution in [0, 0.1) is 10.1 Å². The Morgan fingerprint density at radius 1 is 1.11 bits per heavy atom. The zero-order chi connectivity index (χ0) is 19.7. The van der Waals surface area contributed by atoms with Crippen molar-refractivity contribution >= 4 is 23.2 Å². The number of nitro groups is 1. The minimum Gasteiger partial charge on any atom is -0.341 e. The molecular formula is C20H17ClN4O3. The lowest BCUT2D eigenvalue weighted by molar-refractivity contribution is -0.384. The van der Waals surface area contributed by atoms with Gasteiger partial charge in [-0.05, 0) is 55.2 Å². The molecule has 1 aromatic heterocycles. The van der Waals surface area contributed by atoms with Crippen molar-refractivity contribution in [3.05, 3.63) is 87.2 Å². The molecule has 0 aliphatic heterocycles. The Balaban J connectivity index is 1.52. The van der Waals surface area contributed by atoms with Crippen LogP contribution in [0.5, 0.6) is 0 Å². The standard InChI is InChI=1S/C20H17ClN4O3/c21-15-4-2-14(3-5-15)20(11-1-12-20)22-19(26)18-10-13-24(23-18)16-6-8-17(9-7-16)25(27)28/h2-10,13H,1,11-12H2,(H,22,26). The van der Waals surface area contributed by atoms with E-state index in [4.69, 9.17) is 11.6 Å². The zero-order valence-electron chi connectivity index (χ0n) is 14.8. The Morgan fingerprint density at radius 2 is 1.79 bits per heavy atom. The van der Waals surface area contributed by atoms with E-state index in [9.17, 15) is 14.9 Å². The second kappa shape index (κ2) is 7.09. The van der Waals surface area contributed by atoms with Gasteiger partial charge in [-0.25, -0.2) is 4.68 Å². The number of nitrogens with zero attached hydrogens (tertiary/aromatic N) is 3. The third-order valence-electron chi connectivity index (χ3n) is 5.10. The van der Waals surface area contributed by atoms with Gasteiger partial charge in [0.25, 0.3) is 11.6 Å². The summed E-state index contributed by atoms with van der Waals surface area (Å²) in [5.41, 5.74) is 1.58. The highest BCUT2D eigenvalue weighted by Gasteiger charge is 2.40. The lowest BCUT2D eigenvalue weighted by atomic mass is 9.71. The van der Waals surface area contributed by atoms with Crippen molar-refractivity contribution < 1.29 is 9.72 Å². The summed E-state index contributed by atoms with van der Waals surface area (Å²) >= 11 is 5.98. The number of carbonyl (C=O) groups excluding carboxylic acids is 1. The van der Waals surface area contributed by atoms with E-state index in [1.54, 1.807) is 24.4 Å². The van der Waals surface area contributed by atoms with Gasteiger partial charge in [0.1, 0.15) is 0 Å². The fraction of sp³-hybridized carbons (Fsp3) is 0.200. The second-order valence-electron chi connectivity index (χ2n) is 6.82. The van der Waals surface area contributed by atoms with Crippen molar-refractivity contribution in [2.75, 3.05) is 0 Å². The van der Waals surface area contributed by atoms with Crippen LogP contribution in [0.15, 0.2) is 60.8 Å². The number of nitrogens with one attached hydrogen (secondary N) is 1. The molecule has 1 fully saturated rings. The predicted molar refractivity (Wildman–Crippen MR) is 105 cm³/mol. The van der Waals surface area contributed by atoms with Crippen molar-refractivity contribution in [2.45, 2.75) is 24.8 Å². The molecule has 1 saturated carbocycles. The average Bonchev–Trinajstić information content (AvgIpc) is 3.16. The molecule has 1 amide bonds. The lowest BCUT2D eigenvalue weighted by Gasteiger charge is -2.43. The summed E-state index contributed by atoms with van der Waals surface area (Å²) in [6.07, 6.45) is 4.43. The molecule has 0 spiro atoms. The van der Waals surface area contributed by atoms with Crippen molar-refractivity contribution in [3.63, 3.8) is 0 Å². The van der Waals surface area contributed by atoms with Gasteiger partial charge >= 0.3 is 0 Å². The number of hydrogen-bond acceptors (Lipinski definition) is 4. The number of carbonyl (C=O) groups is 1. The van der Waals surface area contributed by atoms with E-state index in [1.807, 2.05) is 24.3 Å². The van der Waals surface area contributed by atoms with E-state index in [0.717, 1.165) is 24.8 Å². The largest absolute Gasteiger partial charge is 0.341 e. The molecule has 7 nitrogen and oxygen atoms in total. The van der Waals surface area contributed by atoms with E-state index in [-0.39, 0.29) is 11.6 Å². The Kier molecular flexibility index (Phi) is 4.60. The van der Waals surface area contributed by atoms with Crippen LogP contribution in [0.25, 0.3) is 5.69 Å². The minimum atomic E-state index is -0.458. The summed E-state index contributed by atoms with van der Waals surface area (Å²) in [4.78, 5) is 23.1. The topological polar surface area (TPSA) is 90.1 Å². The van der Waals surface area contributed by atoms with Gasteiger partial charge in [-0.2, -0.15) is 5.10 Å². The molecule has 1 N–H and O–H groups in total. The summed E-state index contributed by atoms with van der Waals surface area (Å²) < 4.78 is 1.52. The molecule has 1 aliphatic carbocycles. The Morgan fingerprint density at radius 3 is 2.36 bits per heavy atom. The molecule has 0 saturated heterocycles. The second-order valence-corrected chi connectivity index (χ2v) is 7.25. The predicted octanol–water partition coefficient (Wildman–Crippen LogP) is 4.24. The quantitative estimate of drug-likeness (QED) is 0.515. The van der Waals surface area contributed by atoms with Crippen LogP contribution in [0.1, 0.15) is 35.3 Å². The Bertz CT molecular complexity index is 1020. The molecule has 28 heavy (non-hydrogen) atoms. The molecule has 0 atom stereocenters. The first kappa shape index (κ1) is 18.2. The summed E-state index contributed by atoms with van der Waals surface area (Å²) in [6, 6.07) is 15.2. The minimum absolute atomic E-state index is 0.00348. The van der Waals surface area contributed by atoms with Gasteiger partial charge in [0.05, 0.1) is 16.1 Å². The number of benzene rings is 2. The number of halogens is 1. The number of nitro benzene ring substituents is 1. The van der Waals surface area contributed by atoms with Gasteiger partial charge in [0.15, 0.2) is 5.69 Å². The van der Waals surface area contributed by atoms with E-state index in [0.29, 0.717) is 16.4 Å². The third kappa shape index (κ3) is 3.36. The van der Waals surface area contributed by atoms with E-state index < -0.39 is 10.5 Å². The molecule has 0 radical (unpaired) electrons. The molecule has 1 aliphatic rings. The number of hydrogen-bond donors (Lipinski definition) is 1. The van der Waals surface area contributed by atoms with Gasteiger partial charge in [-0.1, -0.05) is 23.7 Å². The summed E-state index contributed by atoms with van der Waals surface area (Å²) in [7, 11) is 0. The van der Waals surface area contributed by atoms with Gasteiger partial charge in [-0.15, -0.1) is 0 Å². The zero-order valence-corrected chi connectivity index (χ0v) is 15.6. The van der Waals surface area contributed by atoms with Crippen LogP contribution in [0.2, 0.25) is 5.02 Å². The van der Waals surface area contributed by atoms with Crippen molar-refractivity contribution in [2.24, 2.45) is 0 Å². The first-order valence-electron chi connectivity index (χ1n) is 8.86. The highest BCUT2D eigenvalue weighted by atomic mass is 35.5. The SMILES string of the molecule is O=C(NC1(c2ccc(Cl)cc2)CCC1)c1ccn(-c2ccc([N+](=O)[O-])cc2)n1. The Hall–Kier alpha value is -3.19. The van der Waals surface area contributed by atoms with Crippen molar-refractivity contribution in [1.29, 1.82) is 0 Å². The normalized spacial score (nSPS) is 14.9. The number of aromatic nitrogens is 2. The van der Waals surface area contributed by atoms with E-state index in [1.165, 1.54) is 16.8 Å². The van der Waals surface area contributed by atoms with Gasteiger partial charge < -0.3 is 5.32 Å². The molecule has 8 heteroatoms. The molecule has 0 unspecified atom stereocenters. The fourth-order valence-electron chi connectivity index (χ4n) is 3.38. The molecule has 2 aromatic carbocycles. The van der Waals surface area contributed by atoms with Crippen molar-refractivity contribution in [1.82, 2.24) is 15.1 Å². The maximum Gasteiger partial charge on any atom is 0.272 e. The van der Waals surface area contributed by atoms with Gasteiger partial charge in [-0.3, -0.25) is 14.9 Å². The van der Waals surface area contributed by atoms with Crippen molar-refractivity contribution in [3.8, 4) is 5.69 Å². The molecule has 0 bridgehead atoms. The van der Waals surface area contributed by atoms with Crippen LogP contribution in [0.3, 0.4) is 0 Å². The number of non-ortho nitro benzene ring substituents is 1. The first-order valence-corrected chi connectivity index (χ1v) is 9.24. The molecule has 4 rings (SSSR count). The first-order chi connectivity index (χ1) is 13.5. The van der Waals surface area contributed by atoms with Gasteiger partial charge in [0.2, 0.25) is 0 Å². The summed E-state index contributed by atoms with van der Waals surface area (Å²) in [5, 5.41) is 18.9. The van der Waals surface area contributed by atoms with Crippen LogP contribution < -0.4 is 5.32 Å². The van der Waals surface area contributed by atoms with E-state index >= 15 is 0 Å². The average molecular weight is 397 g/mol. The smallest absolute Gasteiger partial charge is 0.272 e. The molecular weight excluding hydrogens is 380 g/mol. The third-order valence-corrected chi connectivity index (χ3v) is 5.36. The number of rotatable bonds is 5. The maximum absolute atomic E-state index is 12.8. The highest BCUT2D eigenvalue weighted by molar-refractivity contribution is 6.30. The Labute approximate surface area is 166 Å². The summed E-state index contributed by atoms with van der Waals surface area (Å²) in [5.74, 6) is -0.254. The molecule has 3 aromatic rings. The number of amides is 1. The molecule has 1 heterocycles. The van der Waals surface area contributed by atoms with Crippen LogP contribution >= 0.6 is 11.6 Å². The van der Waals surface area contributed by atoms with Crippen LogP contribution in [-0.4, -0.2) is 20.6 Å². The van der Waals surface area contributed by atoms with Crippen LogP contribution in [0.4, 0.5) is 5.69 Å².